The minimum absolute atomic E-state index is 0.0671. The van der Waals surface area contributed by atoms with Crippen LogP contribution in [0.3, 0.4) is 0 Å². The first-order valence-corrected chi connectivity index (χ1v) is 13.6. The molecule has 2 aromatic heterocycles. The predicted octanol–water partition coefficient (Wildman–Crippen LogP) is 7.02. The van der Waals surface area contributed by atoms with Gasteiger partial charge in [0.1, 0.15) is 5.65 Å². The number of fused-ring (bicyclic) bond motifs is 1. The number of carbonyl (C=O) groups is 1. The minimum atomic E-state index is -4.66. The van der Waals surface area contributed by atoms with E-state index in [9.17, 15) is 18.0 Å². The van der Waals surface area contributed by atoms with Crippen molar-refractivity contribution >= 4 is 16.8 Å². The molecule has 1 aliphatic carbocycles. The number of halogens is 3. The summed E-state index contributed by atoms with van der Waals surface area (Å²) >= 11 is 0. The van der Waals surface area contributed by atoms with Crippen LogP contribution in [0.25, 0.3) is 11.0 Å². The molecule has 1 aromatic carbocycles. The number of benzene rings is 1. The van der Waals surface area contributed by atoms with Gasteiger partial charge in [-0.05, 0) is 60.3 Å². The highest BCUT2D eigenvalue weighted by atomic mass is 19.4. The summed E-state index contributed by atoms with van der Waals surface area (Å²) in [6, 6.07) is 8.00. The van der Waals surface area contributed by atoms with Crippen LogP contribution in [-0.4, -0.2) is 33.3 Å². The number of ketones is 1. The monoisotopic (exact) mass is 534 g/mol. The zero-order valence-corrected chi connectivity index (χ0v) is 22.4. The maximum Gasteiger partial charge on any atom is 0.417 e. The van der Waals surface area contributed by atoms with Gasteiger partial charge in [-0.15, -0.1) is 0 Å². The van der Waals surface area contributed by atoms with Gasteiger partial charge in [0, 0.05) is 55.6 Å². The normalized spacial score (nSPS) is 20.4. The summed E-state index contributed by atoms with van der Waals surface area (Å²) in [6.07, 6.45) is 3.38. The molecule has 0 N–H and O–H groups in total. The summed E-state index contributed by atoms with van der Waals surface area (Å²) in [5.41, 5.74) is 1.66. The van der Waals surface area contributed by atoms with Crippen molar-refractivity contribution < 1.29 is 18.0 Å². The predicted molar refractivity (Wildman–Crippen MR) is 144 cm³/mol. The van der Waals surface area contributed by atoms with Gasteiger partial charge < -0.3 is 9.47 Å². The molecule has 0 amide bonds. The number of hydrogen-bond acceptors (Lipinski definition) is 4. The van der Waals surface area contributed by atoms with Crippen molar-refractivity contribution in [3.63, 3.8) is 0 Å². The number of aryl methyl sites for hydroxylation is 1. The lowest BCUT2D eigenvalue weighted by atomic mass is 9.80. The van der Waals surface area contributed by atoms with E-state index in [4.69, 9.17) is 5.26 Å². The first-order chi connectivity index (χ1) is 18.6. The standard InChI is InChI=1S/C31H33F3N4O/c1-19-17-38(20(2)22-8-4-5-9-22)12-11-25(19)26-18-37(3)30-28(26)29(31(32,33)34)24(16-36-30)14-27(39)23-10-6-7-21(13-23)15-35/h6-7,10,13,16,18-19,22,25H,2,4-5,8-9,11-12,14,17H2,1,3H3/t19-,25+/m0/s1. The molecule has 0 unspecified atom stereocenters. The Morgan fingerprint density at radius 2 is 1.97 bits per heavy atom. The lowest BCUT2D eigenvalue weighted by Crippen LogP contribution is -2.39. The summed E-state index contributed by atoms with van der Waals surface area (Å²) in [4.78, 5) is 19.8. The van der Waals surface area contributed by atoms with Gasteiger partial charge in [0.25, 0.3) is 0 Å². The third-order valence-electron chi connectivity index (χ3n) is 8.58. The Morgan fingerprint density at radius 3 is 2.64 bits per heavy atom. The second kappa shape index (κ2) is 10.5. The Morgan fingerprint density at radius 1 is 1.23 bits per heavy atom. The fraction of sp³-hybridized carbons (Fsp3) is 0.452. The molecule has 0 radical (unpaired) electrons. The first-order valence-electron chi connectivity index (χ1n) is 13.6. The number of allylic oxidation sites excluding steroid dienone is 1. The minimum Gasteiger partial charge on any atom is -0.375 e. The van der Waals surface area contributed by atoms with E-state index in [-0.39, 0.29) is 39.6 Å². The quantitative estimate of drug-likeness (QED) is 0.319. The smallest absolute Gasteiger partial charge is 0.375 e. The van der Waals surface area contributed by atoms with Gasteiger partial charge in [0.15, 0.2) is 5.78 Å². The lowest BCUT2D eigenvalue weighted by molar-refractivity contribution is -0.136. The molecule has 2 atom stereocenters. The zero-order chi connectivity index (χ0) is 27.9. The van der Waals surface area contributed by atoms with Crippen molar-refractivity contribution in [1.82, 2.24) is 14.5 Å². The number of carbonyl (C=O) groups excluding carboxylic acids is 1. The number of hydrogen-bond donors (Lipinski definition) is 0. The number of likely N-dealkylation sites (tertiary alicyclic amines) is 1. The molecule has 2 fully saturated rings. The summed E-state index contributed by atoms with van der Waals surface area (Å²) < 4.78 is 45.9. The maximum atomic E-state index is 14.7. The Hall–Kier alpha value is -3.60. The van der Waals surface area contributed by atoms with Crippen LogP contribution in [-0.2, 0) is 19.6 Å². The van der Waals surface area contributed by atoms with E-state index in [1.165, 1.54) is 49.7 Å². The van der Waals surface area contributed by atoms with Crippen molar-refractivity contribution in [2.75, 3.05) is 13.1 Å². The van der Waals surface area contributed by atoms with Gasteiger partial charge in [-0.2, -0.15) is 18.4 Å². The molecular weight excluding hydrogens is 501 g/mol. The number of rotatable bonds is 6. The maximum absolute atomic E-state index is 14.7. The van der Waals surface area contributed by atoms with Crippen LogP contribution in [0.2, 0.25) is 0 Å². The van der Waals surface area contributed by atoms with E-state index < -0.39 is 23.9 Å². The molecule has 0 bridgehead atoms. The molecule has 39 heavy (non-hydrogen) atoms. The summed E-state index contributed by atoms with van der Waals surface area (Å²) in [5, 5.41) is 9.25. The van der Waals surface area contributed by atoms with Gasteiger partial charge in [-0.1, -0.05) is 38.5 Å². The van der Waals surface area contributed by atoms with Crippen LogP contribution in [0.1, 0.15) is 77.6 Å². The number of piperidine rings is 1. The SMILES string of the molecule is C=C(C1CCCC1)N1CC[C@@H](c2cn(C)c3ncc(CC(=O)c4cccc(C#N)c4)c(C(F)(F)F)c23)[C@@H](C)C1. The van der Waals surface area contributed by atoms with Crippen LogP contribution in [0.15, 0.2) is 48.9 Å². The number of nitriles is 1. The van der Waals surface area contributed by atoms with Crippen LogP contribution < -0.4 is 0 Å². The highest BCUT2D eigenvalue weighted by Gasteiger charge is 2.40. The highest BCUT2D eigenvalue weighted by molar-refractivity contribution is 5.99. The fourth-order valence-corrected chi connectivity index (χ4v) is 6.58. The Balaban J connectivity index is 1.50. The van der Waals surface area contributed by atoms with Gasteiger partial charge in [-0.25, -0.2) is 4.98 Å². The molecule has 0 spiro atoms. The van der Waals surface area contributed by atoms with Crippen molar-refractivity contribution in [3.8, 4) is 6.07 Å². The molecule has 2 aliphatic rings. The van der Waals surface area contributed by atoms with Crippen molar-refractivity contribution in [2.45, 2.75) is 57.5 Å². The van der Waals surface area contributed by atoms with Crippen molar-refractivity contribution in [1.29, 1.82) is 5.26 Å². The fourth-order valence-electron chi connectivity index (χ4n) is 6.58. The van der Waals surface area contributed by atoms with Gasteiger partial charge in [0.2, 0.25) is 0 Å². The zero-order valence-electron chi connectivity index (χ0n) is 22.4. The van der Waals surface area contributed by atoms with E-state index in [0.29, 0.717) is 11.5 Å². The lowest BCUT2D eigenvalue weighted by Gasteiger charge is -2.41. The van der Waals surface area contributed by atoms with Crippen LogP contribution in [0.4, 0.5) is 13.2 Å². The molecule has 3 aromatic rings. The van der Waals surface area contributed by atoms with Gasteiger partial charge in [-0.3, -0.25) is 4.79 Å². The summed E-state index contributed by atoms with van der Waals surface area (Å²) in [5.74, 6) is 0.0923. The molecular formula is C31H33F3N4O. The molecule has 204 valence electrons. The number of aromatic nitrogens is 2. The third kappa shape index (κ3) is 5.19. The topological polar surface area (TPSA) is 61.9 Å². The van der Waals surface area contributed by atoms with E-state index in [0.717, 1.165) is 19.5 Å². The highest BCUT2D eigenvalue weighted by Crippen LogP contribution is 2.45. The first kappa shape index (κ1) is 27.0. The summed E-state index contributed by atoms with van der Waals surface area (Å²) in [7, 11) is 1.72. The van der Waals surface area contributed by atoms with Gasteiger partial charge in [0.05, 0.1) is 17.2 Å². The summed E-state index contributed by atoms with van der Waals surface area (Å²) in [6.45, 7) is 8.02. The van der Waals surface area contributed by atoms with Crippen LogP contribution >= 0.6 is 0 Å². The third-order valence-corrected chi connectivity index (χ3v) is 8.58. The molecule has 5 rings (SSSR count). The number of Topliss-reactive ketones (excluding diaryl/α,β-unsaturated/α-hetero) is 1. The van der Waals surface area contributed by atoms with E-state index in [2.05, 4.69) is 23.4 Å². The number of pyridine rings is 1. The second-order valence-corrected chi connectivity index (χ2v) is 11.1. The Labute approximate surface area is 226 Å². The molecule has 8 heteroatoms. The van der Waals surface area contributed by atoms with Crippen molar-refractivity contribution in [3.05, 3.63) is 76.8 Å². The molecule has 3 heterocycles. The number of alkyl halides is 3. The Bertz CT molecular complexity index is 1460. The molecule has 1 saturated carbocycles. The van der Waals surface area contributed by atoms with E-state index >= 15 is 0 Å². The Kier molecular flexibility index (Phi) is 7.28. The average Bonchev–Trinajstić information content (AvgIpc) is 3.56. The van der Waals surface area contributed by atoms with Crippen LogP contribution in [0, 0.1) is 23.2 Å². The largest absolute Gasteiger partial charge is 0.417 e. The molecule has 5 nitrogen and oxygen atoms in total. The van der Waals surface area contributed by atoms with Crippen LogP contribution in [0.5, 0.6) is 0 Å². The number of nitrogens with zero attached hydrogens (tertiary/aromatic N) is 4. The van der Waals surface area contributed by atoms with E-state index in [1.54, 1.807) is 29.9 Å². The molecule has 1 aliphatic heterocycles. The molecule has 1 saturated heterocycles. The van der Waals surface area contributed by atoms with E-state index in [1.807, 2.05) is 6.07 Å². The average molecular weight is 535 g/mol. The second-order valence-electron chi connectivity index (χ2n) is 11.1. The van der Waals surface area contributed by atoms with Gasteiger partial charge >= 0.3 is 6.18 Å². The van der Waals surface area contributed by atoms with Crippen molar-refractivity contribution in [2.24, 2.45) is 18.9 Å².